The molecule has 2 N–H and O–H groups in total. The van der Waals surface area contributed by atoms with E-state index in [9.17, 15) is 13.2 Å². The first-order valence-corrected chi connectivity index (χ1v) is 9.50. The van der Waals surface area contributed by atoms with Crippen molar-refractivity contribution in [1.82, 2.24) is 10.6 Å². The fourth-order valence-corrected chi connectivity index (χ4v) is 3.64. The Morgan fingerprint density at radius 2 is 1.73 bits per heavy atom. The van der Waals surface area contributed by atoms with Gasteiger partial charge in [-0.2, -0.15) is 13.2 Å². The van der Waals surface area contributed by atoms with Crippen LogP contribution in [0.15, 0.2) is 48.5 Å². The molecule has 1 aliphatic heterocycles. The number of hydrogen-bond donors (Lipinski definition) is 2. The molecule has 1 fully saturated rings. The summed E-state index contributed by atoms with van der Waals surface area (Å²) in [5.74, 6) is 0.594. The average Bonchev–Trinajstić information content (AvgIpc) is 3.14. The minimum atomic E-state index is -4.32. The standard InChI is InChI=1S/C22H27F3N2O.2ClH/c1-21(2,22(23,24)25)17-9-10-19(28-3)16(13-17)14-27-18-11-12-26-20(18)15-7-5-4-6-8-15;;/h4-10,13,18,20,26-27H,11-12,14H2,1-3H3;2*1H/t18-,20-;;/m1../s1. The molecule has 0 unspecified atom stereocenters. The first kappa shape index (κ1) is 26.6. The lowest BCUT2D eigenvalue weighted by Gasteiger charge is -2.29. The summed E-state index contributed by atoms with van der Waals surface area (Å²) in [6, 6.07) is 15.3. The lowest BCUT2D eigenvalue weighted by atomic mass is 9.83. The van der Waals surface area contributed by atoms with Crippen molar-refractivity contribution in [3.8, 4) is 5.75 Å². The Hall–Kier alpha value is -1.47. The minimum absolute atomic E-state index is 0. The smallest absolute Gasteiger partial charge is 0.397 e. The van der Waals surface area contributed by atoms with E-state index in [-0.39, 0.29) is 42.5 Å². The summed E-state index contributed by atoms with van der Waals surface area (Å²) >= 11 is 0. The van der Waals surface area contributed by atoms with Gasteiger partial charge >= 0.3 is 6.18 Å². The number of alkyl halides is 3. The van der Waals surface area contributed by atoms with E-state index in [4.69, 9.17) is 4.74 Å². The van der Waals surface area contributed by atoms with E-state index < -0.39 is 11.6 Å². The second kappa shape index (κ2) is 10.7. The van der Waals surface area contributed by atoms with E-state index in [0.29, 0.717) is 12.3 Å². The fraction of sp³-hybridized carbons (Fsp3) is 0.455. The van der Waals surface area contributed by atoms with Crippen LogP contribution in [0.3, 0.4) is 0 Å². The Morgan fingerprint density at radius 3 is 2.33 bits per heavy atom. The molecule has 1 saturated heterocycles. The summed E-state index contributed by atoms with van der Waals surface area (Å²) in [5, 5.41) is 7.02. The van der Waals surface area contributed by atoms with E-state index in [2.05, 4.69) is 22.8 Å². The largest absolute Gasteiger partial charge is 0.496 e. The molecule has 0 bridgehead atoms. The van der Waals surface area contributed by atoms with E-state index in [0.717, 1.165) is 18.5 Å². The van der Waals surface area contributed by atoms with Crippen LogP contribution in [-0.2, 0) is 12.0 Å². The molecule has 30 heavy (non-hydrogen) atoms. The third-order valence-corrected chi connectivity index (χ3v) is 5.65. The van der Waals surface area contributed by atoms with Gasteiger partial charge in [0.2, 0.25) is 0 Å². The molecule has 2 aromatic rings. The van der Waals surface area contributed by atoms with Gasteiger partial charge < -0.3 is 15.4 Å². The maximum atomic E-state index is 13.4. The van der Waals surface area contributed by atoms with Gasteiger partial charge in [0.15, 0.2) is 0 Å². The van der Waals surface area contributed by atoms with Crippen LogP contribution in [0.2, 0.25) is 0 Å². The van der Waals surface area contributed by atoms with Crippen LogP contribution in [0, 0.1) is 0 Å². The van der Waals surface area contributed by atoms with Gasteiger partial charge in [0, 0.05) is 24.2 Å². The summed E-state index contributed by atoms with van der Waals surface area (Å²) in [5.41, 5.74) is 0.254. The van der Waals surface area contributed by atoms with Crippen molar-refractivity contribution in [2.24, 2.45) is 0 Å². The third-order valence-electron chi connectivity index (χ3n) is 5.65. The van der Waals surface area contributed by atoms with Crippen molar-refractivity contribution in [3.05, 3.63) is 65.2 Å². The highest BCUT2D eigenvalue weighted by molar-refractivity contribution is 5.85. The number of methoxy groups -OCH3 is 1. The highest BCUT2D eigenvalue weighted by Crippen LogP contribution is 2.41. The lowest BCUT2D eigenvalue weighted by Crippen LogP contribution is -2.37. The zero-order chi connectivity index (χ0) is 20.4. The van der Waals surface area contributed by atoms with Crippen molar-refractivity contribution < 1.29 is 17.9 Å². The molecule has 8 heteroatoms. The van der Waals surface area contributed by atoms with Crippen LogP contribution >= 0.6 is 24.8 Å². The molecule has 2 atom stereocenters. The van der Waals surface area contributed by atoms with E-state index >= 15 is 0 Å². The first-order valence-electron chi connectivity index (χ1n) is 9.50. The molecular formula is C22H29Cl2F3N2O. The Kier molecular flexibility index (Phi) is 9.49. The molecule has 0 radical (unpaired) electrons. The predicted octanol–water partition coefficient (Wildman–Crippen LogP) is 5.57. The highest BCUT2D eigenvalue weighted by atomic mass is 35.5. The fourth-order valence-electron chi connectivity index (χ4n) is 3.64. The highest BCUT2D eigenvalue weighted by Gasteiger charge is 2.48. The monoisotopic (exact) mass is 464 g/mol. The van der Waals surface area contributed by atoms with Crippen molar-refractivity contribution in [2.45, 2.75) is 50.5 Å². The van der Waals surface area contributed by atoms with Crippen molar-refractivity contribution in [3.63, 3.8) is 0 Å². The SMILES string of the molecule is COc1ccc(C(C)(C)C(F)(F)F)cc1CN[C@@H]1CCN[C@@H]1c1ccccc1.Cl.Cl. The molecule has 3 nitrogen and oxygen atoms in total. The summed E-state index contributed by atoms with van der Waals surface area (Å²) in [7, 11) is 1.54. The van der Waals surface area contributed by atoms with Crippen LogP contribution in [0.4, 0.5) is 13.2 Å². The molecular weight excluding hydrogens is 436 g/mol. The Labute approximate surface area is 188 Å². The quantitative estimate of drug-likeness (QED) is 0.585. The van der Waals surface area contributed by atoms with Gasteiger partial charge in [-0.25, -0.2) is 0 Å². The maximum Gasteiger partial charge on any atom is 0.397 e. The molecule has 2 aromatic carbocycles. The van der Waals surface area contributed by atoms with E-state index in [1.165, 1.54) is 32.6 Å². The van der Waals surface area contributed by atoms with Gasteiger partial charge in [-0.1, -0.05) is 36.4 Å². The van der Waals surface area contributed by atoms with Gasteiger partial charge in [-0.3, -0.25) is 0 Å². The number of rotatable bonds is 6. The Bertz CT molecular complexity index is 801. The van der Waals surface area contributed by atoms with Gasteiger partial charge in [0.1, 0.15) is 5.75 Å². The molecule has 1 aliphatic rings. The first-order chi connectivity index (χ1) is 13.2. The van der Waals surface area contributed by atoms with Gasteiger partial charge in [-0.05, 0) is 50.1 Å². The predicted molar refractivity (Wildman–Crippen MR) is 119 cm³/mol. The second-order valence-electron chi connectivity index (χ2n) is 7.77. The van der Waals surface area contributed by atoms with Crippen LogP contribution < -0.4 is 15.4 Å². The summed E-state index contributed by atoms with van der Waals surface area (Å²) < 4.78 is 45.7. The molecule has 0 amide bonds. The van der Waals surface area contributed by atoms with Crippen molar-refractivity contribution in [1.29, 1.82) is 0 Å². The summed E-state index contributed by atoms with van der Waals surface area (Å²) in [6.45, 7) is 3.76. The molecule has 1 heterocycles. The number of halogens is 5. The van der Waals surface area contributed by atoms with Gasteiger partial charge in [-0.15, -0.1) is 24.8 Å². The summed E-state index contributed by atoms with van der Waals surface area (Å²) in [4.78, 5) is 0. The molecule has 3 rings (SSSR count). The molecule has 0 spiro atoms. The van der Waals surface area contributed by atoms with Crippen LogP contribution in [-0.4, -0.2) is 25.9 Å². The van der Waals surface area contributed by atoms with Crippen LogP contribution in [0.25, 0.3) is 0 Å². The number of nitrogens with one attached hydrogen (secondary N) is 2. The van der Waals surface area contributed by atoms with Crippen molar-refractivity contribution in [2.75, 3.05) is 13.7 Å². The molecule has 0 aromatic heterocycles. The molecule has 168 valence electrons. The minimum Gasteiger partial charge on any atom is -0.496 e. The zero-order valence-corrected chi connectivity index (χ0v) is 18.9. The van der Waals surface area contributed by atoms with Crippen LogP contribution in [0.1, 0.15) is 43.0 Å². The topological polar surface area (TPSA) is 33.3 Å². The Balaban J connectivity index is 0.00000225. The summed E-state index contributed by atoms with van der Waals surface area (Å²) in [6.07, 6.45) is -3.37. The number of benzene rings is 2. The lowest BCUT2D eigenvalue weighted by molar-refractivity contribution is -0.180. The van der Waals surface area contributed by atoms with E-state index in [1.54, 1.807) is 12.1 Å². The van der Waals surface area contributed by atoms with E-state index in [1.807, 2.05) is 18.2 Å². The molecule has 0 saturated carbocycles. The third kappa shape index (κ3) is 5.61. The normalized spacial score (nSPS) is 19.0. The van der Waals surface area contributed by atoms with Crippen molar-refractivity contribution >= 4 is 24.8 Å². The Morgan fingerprint density at radius 1 is 1.07 bits per heavy atom. The van der Waals surface area contributed by atoms with Gasteiger partial charge in [0.25, 0.3) is 0 Å². The zero-order valence-electron chi connectivity index (χ0n) is 17.3. The number of ether oxygens (including phenoxy) is 1. The number of hydrogen-bond acceptors (Lipinski definition) is 3. The average molecular weight is 465 g/mol. The van der Waals surface area contributed by atoms with Crippen LogP contribution in [0.5, 0.6) is 5.75 Å². The maximum absolute atomic E-state index is 13.4. The second-order valence-corrected chi connectivity index (χ2v) is 7.77. The molecule has 0 aliphatic carbocycles. The van der Waals surface area contributed by atoms with Gasteiger partial charge in [0.05, 0.1) is 12.5 Å².